The molecule has 0 N–H and O–H groups in total. The van der Waals surface area contributed by atoms with Gasteiger partial charge in [0.1, 0.15) is 11.3 Å². The Morgan fingerprint density at radius 2 is 1.69 bits per heavy atom. The second-order valence-electron chi connectivity index (χ2n) is 6.76. The first kappa shape index (κ1) is 24.0. The van der Waals surface area contributed by atoms with Crippen molar-refractivity contribution in [3.05, 3.63) is 40.3 Å². The molecule has 2 amide bonds. The number of thiocarbonyl (C=S) groups is 1. The second kappa shape index (κ2) is 9.07. The molecule has 2 aliphatic rings. The number of alkyl halides is 3. The summed E-state index contributed by atoms with van der Waals surface area (Å²) in [5.74, 6) is -1.96. The molecule has 32 heavy (non-hydrogen) atoms. The lowest BCUT2D eigenvalue weighted by Gasteiger charge is -2.36. The SMILES string of the molecule is CCC(=O)Oc1ccc2c(c1)SC(=C1C(=O)N(CC)C(=S)N(CC)C1=O)C=C2C(F)(F)F. The molecule has 0 bridgehead atoms. The number of esters is 1. The Kier molecular flexibility index (Phi) is 6.80. The first-order valence-corrected chi connectivity index (χ1v) is 11.0. The molecule has 170 valence electrons. The van der Waals surface area contributed by atoms with E-state index >= 15 is 0 Å². The van der Waals surface area contributed by atoms with E-state index in [1.807, 2.05) is 0 Å². The lowest BCUT2D eigenvalue weighted by Crippen LogP contribution is -2.56. The number of halogens is 3. The number of carbonyl (C=O) groups excluding carboxylic acids is 3. The van der Waals surface area contributed by atoms with E-state index in [-0.39, 0.29) is 51.3 Å². The van der Waals surface area contributed by atoms with E-state index in [4.69, 9.17) is 17.0 Å². The van der Waals surface area contributed by atoms with Crippen LogP contribution in [-0.4, -0.2) is 52.0 Å². The zero-order valence-corrected chi connectivity index (χ0v) is 19.0. The molecule has 0 aliphatic carbocycles. The summed E-state index contributed by atoms with van der Waals surface area (Å²) < 4.78 is 46.7. The summed E-state index contributed by atoms with van der Waals surface area (Å²) in [5, 5.41) is 0.0179. The fourth-order valence-electron chi connectivity index (χ4n) is 3.24. The van der Waals surface area contributed by atoms with Gasteiger partial charge in [-0.05, 0) is 50.3 Å². The maximum atomic E-state index is 13.9. The zero-order chi connectivity index (χ0) is 23.8. The van der Waals surface area contributed by atoms with E-state index in [1.165, 1.54) is 28.0 Å². The van der Waals surface area contributed by atoms with Gasteiger partial charge in [-0.2, -0.15) is 13.2 Å². The van der Waals surface area contributed by atoms with Gasteiger partial charge >= 0.3 is 12.1 Å². The first-order chi connectivity index (χ1) is 15.0. The molecule has 2 aliphatic heterocycles. The topological polar surface area (TPSA) is 66.9 Å². The van der Waals surface area contributed by atoms with Gasteiger partial charge in [0.25, 0.3) is 11.8 Å². The number of amides is 2. The van der Waals surface area contributed by atoms with Gasteiger partial charge in [0.15, 0.2) is 5.11 Å². The molecule has 0 saturated carbocycles. The molecule has 2 heterocycles. The molecule has 0 atom stereocenters. The van der Waals surface area contributed by atoms with E-state index in [9.17, 15) is 27.6 Å². The third kappa shape index (κ3) is 4.31. The molecule has 0 spiro atoms. The molecule has 0 aromatic heterocycles. The monoisotopic (exact) mass is 484 g/mol. The van der Waals surface area contributed by atoms with Gasteiger partial charge in [-0.3, -0.25) is 24.2 Å². The van der Waals surface area contributed by atoms with Crippen LogP contribution in [0.1, 0.15) is 32.8 Å². The average Bonchev–Trinajstić information content (AvgIpc) is 2.72. The van der Waals surface area contributed by atoms with E-state index in [0.29, 0.717) is 0 Å². The van der Waals surface area contributed by atoms with Crippen molar-refractivity contribution in [3.8, 4) is 5.75 Å². The van der Waals surface area contributed by atoms with Crippen LogP contribution in [0.15, 0.2) is 39.6 Å². The smallest absolute Gasteiger partial charge is 0.417 e. The summed E-state index contributed by atoms with van der Waals surface area (Å²) in [7, 11) is 0. The van der Waals surface area contributed by atoms with Crippen molar-refractivity contribution in [3.63, 3.8) is 0 Å². The van der Waals surface area contributed by atoms with Gasteiger partial charge in [0.05, 0.1) is 5.57 Å². The fourth-order valence-corrected chi connectivity index (χ4v) is 4.82. The summed E-state index contributed by atoms with van der Waals surface area (Å²) in [6.07, 6.45) is -3.84. The predicted octanol–water partition coefficient (Wildman–Crippen LogP) is 4.30. The lowest BCUT2D eigenvalue weighted by molar-refractivity contribution is -0.135. The lowest BCUT2D eigenvalue weighted by atomic mass is 10.0. The molecule has 0 unspecified atom stereocenters. The number of benzene rings is 1. The van der Waals surface area contributed by atoms with Gasteiger partial charge in [-0.1, -0.05) is 18.7 Å². The Labute approximate surface area is 192 Å². The van der Waals surface area contributed by atoms with Gasteiger partial charge in [0.2, 0.25) is 0 Å². The third-order valence-electron chi connectivity index (χ3n) is 4.82. The Bertz CT molecular complexity index is 1050. The van der Waals surface area contributed by atoms with Crippen LogP contribution in [0.5, 0.6) is 5.75 Å². The number of hydrogen-bond acceptors (Lipinski definition) is 6. The summed E-state index contributed by atoms with van der Waals surface area (Å²) in [6, 6.07) is 3.78. The highest BCUT2D eigenvalue weighted by Gasteiger charge is 2.43. The summed E-state index contributed by atoms with van der Waals surface area (Å²) in [5.41, 5.74) is -1.51. The summed E-state index contributed by atoms with van der Waals surface area (Å²) in [4.78, 5) is 39.9. The van der Waals surface area contributed by atoms with Crippen LogP contribution >= 0.6 is 24.0 Å². The number of carbonyl (C=O) groups is 3. The molecular formula is C21H19F3N2O4S2. The average molecular weight is 485 g/mol. The number of hydrogen-bond donors (Lipinski definition) is 0. The van der Waals surface area contributed by atoms with Crippen molar-refractivity contribution in [1.82, 2.24) is 9.80 Å². The molecule has 1 aromatic rings. The molecule has 1 fully saturated rings. The first-order valence-electron chi connectivity index (χ1n) is 9.77. The van der Waals surface area contributed by atoms with Gasteiger partial charge in [-0.25, -0.2) is 0 Å². The van der Waals surface area contributed by atoms with Crippen LogP contribution in [0, 0.1) is 0 Å². The highest BCUT2D eigenvalue weighted by atomic mass is 32.2. The van der Waals surface area contributed by atoms with Crippen LogP contribution in [0.2, 0.25) is 0 Å². The number of fused-ring (bicyclic) bond motifs is 1. The van der Waals surface area contributed by atoms with Gasteiger partial charge < -0.3 is 4.74 Å². The van der Waals surface area contributed by atoms with Gasteiger partial charge in [-0.15, -0.1) is 0 Å². The molecule has 0 radical (unpaired) electrons. The van der Waals surface area contributed by atoms with E-state index in [2.05, 4.69) is 0 Å². The number of rotatable bonds is 4. The van der Waals surface area contributed by atoms with Crippen LogP contribution in [-0.2, 0) is 14.4 Å². The van der Waals surface area contributed by atoms with Crippen LogP contribution in [0.25, 0.3) is 5.57 Å². The number of thioether (sulfide) groups is 1. The Hall–Kier alpha value is -2.66. The third-order valence-corrected chi connectivity index (χ3v) is 6.36. The predicted molar refractivity (Wildman–Crippen MR) is 117 cm³/mol. The molecule has 1 saturated heterocycles. The van der Waals surface area contributed by atoms with Crippen LogP contribution in [0.4, 0.5) is 13.2 Å². The van der Waals surface area contributed by atoms with Crippen LogP contribution < -0.4 is 4.74 Å². The number of likely N-dealkylation sites (N-methyl/N-ethyl adjacent to an activating group) is 2. The van der Waals surface area contributed by atoms with Crippen molar-refractivity contribution in [2.45, 2.75) is 38.3 Å². The molecule has 11 heteroatoms. The molecular weight excluding hydrogens is 465 g/mol. The summed E-state index contributed by atoms with van der Waals surface area (Å²) in [6.45, 7) is 5.22. The summed E-state index contributed by atoms with van der Waals surface area (Å²) >= 11 is 6.05. The molecule has 6 nitrogen and oxygen atoms in total. The van der Waals surface area contributed by atoms with Crippen LogP contribution in [0.3, 0.4) is 0 Å². The quantitative estimate of drug-likeness (QED) is 0.209. The Balaban J connectivity index is 2.20. The number of allylic oxidation sites excluding steroid dienone is 2. The van der Waals surface area contributed by atoms with E-state index < -0.39 is 29.5 Å². The highest BCUT2D eigenvalue weighted by molar-refractivity contribution is 8.03. The maximum Gasteiger partial charge on any atom is 0.417 e. The zero-order valence-electron chi connectivity index (χ0n) is 17.4. The molecule has 3 rings (SSSR count). The van der Waals surface area contributed by atoms with Crippen molar-refractivity contribution in [2.24, 2.45) is 0 Å². The Morgan fingerprint density at radius 3 is 2.19 bits per heavy atom. The van der Waals surface area contributed by atoms with E-state index in [0.717, 1.165) is 17.8 Å². The normalized spacial score (nSPS) is 16.9. The minimum atomic E-state index is -4.74. The highest BCUT2D eigenvalue weighted by Crippen LogP contribution is 2.48. The second-order valence-corrected chi connectivity index (χ2v) is 8.21. The van der Waals surface area contributed by atoms with Crippen molar-refractivity contribution in [2.75, 3.05) is 13.1 Å². The van der Waals surface area contributed by atoms with Crippen molar-refractivity contribution in [1.29, 1.82) is 0 Å². The van der Waals surface area contributed by atoms with Crippen molar-refractivity contribution < 1.29 is 32.3 Å². The van der Waals surface area contributed by atoms with Crippen molar-refractivity contribution >= 4 is 52.4 Å². The van der Waals surface area contributed by atoms with Gasteiger partial charge in [0, 0.05) is 34.9 Å². The minimum Gasteiger partial charge on any atom is -0.426 e. The number of ether oxygens (including phenoxy) is 1. The van der Waals surface area contributed by atoms with E-state index in [1.54, 1.807) is 20.8 Å². The largest absolute Gasteiger partial charge is 0.426 e. The molecule has 1 aromatic carbocycles. The fraction of sp³-hybridized carbons (Fsp3) is 0.333. The standard InChI is InChI=1S/C21H19F3N2O4S2/c1-4-16(27)30-11-7-8-12-13(21(22,23)24)10-15(32-14(12)9-11)17-18(28)25(5-2)20(31)26(6-3)19(17)29/h7-10H,4-6H2,1-3H3. The Morgan fingerprint density at radius 1 is 1.09 bits per heavy atom. The minimum absolute atomic E-state index is 0.0179. The maximum absolute atomic E-state index is 13.9. The number of nitrogens with zero attached hydrogens (tertiary/aromatic N) is 2.